The van der Waals surface area contributed by atoms with Crippen LogP contribution in [0.2, 0.25) is 0 Å². The first-order valence-corrected chi connectivity index (χ1v) is 5.75. The van der Waals surface area contributed by atoms with Crippen molar-refractivity contribution in [3.05, 3.63) is 29.3 Å². The van der Waals surface area contributed by atoms with Gasteiger partial charge in [-0.3, -0.25) is 0 Å². The molecular formula is C13H17N3. The number of nitriles is 1. The Hall–Kier alpha value is -1.53. The van der Waals surface area contributed by atoms with E-state index in [-0.39, 0.29) is 0 Å². The zero-order valence-corrected chi connectivity index (χ0v) is 9.59. The molecular weight excluding hydrogens is 198 g/mol. The van der Waals surface area contributed by atoms with E-state index in [1.165, 1.54) is 6.42 Å². The maximum atomic E-state index is 9.03. The van der Waals surface area contributed by atoms with Gasteiger partial charge >= 0.3 is 0 Å². The maximum absolute atomic E-state index is 9.03. The largest absolute Gasteiger partial charge is 0.383 e. The summed E-state index contributed by atoms with van der Waals surface area (Å²) in [6, 6.07) is 8.06. The van der Waals surface area contributed by atoms with Crippen LogP contribution in [0.3, 0.4) is 0 Å². The van der Waals surface area contributed by atoms with Crippen LogP contribution in [-0.4, -0.2) is 19.6 Å². The van der Waals surface area contributed by atoms with Gasteiger partial charge in [-0.05, 0) is 44.0 Å². The van der Waals surface area contributed by atoms with E-state index >= 15 is 0 Å². The Bertz CT molecular complexity index is 400. The summed E-state index contributed by atoms with van der Waals surface area (Å²) in [4.78, 5) is 0. The summed E-state index contributed by atoms with van der Waals surface area (Å²) in [5.74, 6) is 0.686. The molecule has 16 heavy (non-hydrogen) atoms. The standard InChI is InChI=1S/C13H17N3/c1-10-3-2-4-12(7-14)13(10)16-9-11-5-6-15-8-11/h2-4,11,15-16H,5-6,8-9H2,1H3. The lowest BCUT2D eigenvalue weighted by Gasteiger charge is -2.14. The molecule has 0 amide bonds. The van der Waals surface area contributed by atoms with E-state index in [1.54, 1.807) is 0 Å². The number of aryl methyl sites for hydroxylation is 1. The molecule has 1 fully saturated rings. The van der Waals surface area contributed by atoms with Gasteiger partial charge in [0.2, 0.25) is 0 Å². The van der Waals surface area contributed by atoms with Gasteiger partial charge in [-0.1, -0.05) is 12.1 Å². The molecule has 2 N–H and O–H groups in total. The Morgan fingerprint density at radius 2 is 2.44 bits per heavy atom. The predicted molar refractivity (Wildman–Crippen MR) is 65.4 cm³/mol. The van der Waals surface area contributed by atoms with Crippen molar-refractivity contribution in [2.45, 2.75) is 13.3 Å². The van der Waals surface area contributed by atoms with Crippen LogP contribution in [0, 0.1) is 24.2 Å². The first-order valence-electron chi connectivity index (χ1n) is 5.75. The molecule has 0 aromatic heterocycles. The van der Waals surface area contributed by atoms with Crippen molar-refractivity contribution in [2.75, 3.05) is 25.0 Å². The van der Waals surface area contributed by atoms with Crippen LogP contribution in [0.5, 0.6) is 0 Å². The number of benzene rings is 1. The van der Waals surface area contributed by atoms with Crippen LogP contribution < -0.4 is 10.6 Å². The highest BCUT2D eigenvalue weighted by Gasteiger charge is 2.14. The van der Waals surface area contributed by atoms with Crippen molar-refractivity contribution in [1.82, 2.24) is 5.32 Å². The van der Waals surface area contributed by atoms with Gasteiger partial charge in [-0.25, -0.2) is 0 Å². The summed E-state index contributed by atoms with van der Waals surface area (Å²) in [6.07, 6.45) is 1.22. The molecule has 1 aromatic rings. The van der Waals surface area contributed by atoms with Crippen molar-refractivity contribution in [3.63, 3.8) is 0 Å². The van der Waals surface area contributed by atoms with Gasteiger partial charge in [0.05, 0.1) is 11.3 Å². The first kappa shape index (κ1) is 11.0. The highest BCUT2D eigenvalue weighted by atomic mass is 14.9. The summed E-state index contributed by atoms with van der Waals surface area (Å²) in [6.45, 7) is 5.19. The maximum Gasteiger partial charge on any atom is 0.101 e. The van der Waals surface area contributed by atoms with Gasteiger partial charge in [0.15, 0.2) is 0 Å². The van der Waals surface area contributed by atoms with Crippen LogP contribution in [0.4, 0.5) is 5.69 Å². The van der Waals surface area contributed by atoms with Crippen LogP contribution in [-0.2, 0) is 0 Å². The molecule has 0 aliphatic carbocycles. The molecule has 2 rings (SSSR count). The Morgan fingerprint density at radius 3 is 3.12 bits per heavy atom. The summed E-state index contributed by atoms with van der Waals surface area (Å²) in [7, 11) is 0. The minimum atomic E-state index is 0.686. The lowest BCUT2D eigenvalue weighted by Crippen LogP contribution is -2.18. The third-order valence-electron chi connectivity index (χ3n) is 3.12. The van der Waals surface area contributed by atoms with E-state index in [0.717, 1.165) is 36.4 Å². The number of nitrogens with zero attached hydrogens (tertiary/aromatic N) is 1. The van der Waals surface area contributed by atoms with Gasteiger partial charge < -0.3 is 10.6 Å². The number of rotatable bonds is 3. The fraction of sp³-hybridized carbons (Fsp3) is 0.462. The van der Waals surface area contributed by atoms with Crippen LogP contribution in [0.1, 0.15) is 17.5 Å². The quantitative estimate of drug-likeness (QED) is 0.809. The molecule has 1 heterocycles. The van der Waals surface area contributed by atoms with Crippen molar-refractivity contribution in [1.29, 1.82) is 5.26 Å². The van der Waals surface area contributed by atoms with Gasteiger partial charge in [-0.2, -0.15) is 5.26 Å². The third kappa shape index (κ3) is 2.34. The molecule has 1 unspecified atom stereocenters. The molecule has 1 saturated heterocycles. The summed E-state index contributed by atoms with van der Waals surface area (Å²) < 4.78 is 0. The Morgan fingerprint density at radius 1 is 1.56 bits per heavy atom. The Labute approximate surface area is 96.5 Å². The molecule has 3 heteroatoms. The topological polar surface area (TPSA) is 47.9 Å². The Kier molecular flexibility index (Phi) is 3.43. The van der Waals surface area contributed by atoms with Crippen LogP contribution >= 0.6 is 0 Å². The molecule has 1 aromatic carbocycles. The van der Waals surface area contributed by atoms with Gasteiger partial charge in [0, 0.05) is 6.54 Å². The number of anilines is 1. The summed E-state index contributed by atoms with van der Waals surface area (Å²) in [5, 5.41) is 15.8. The van der Waals surface area contributed by atoms with E-state index in [2.05, 4.69) is 16.7 Å². The molecule has 0 radical (unpaired) electrons. The average Bonchev–Trinajstić information content (AvgIpc) is 2.80. The lowest BCUT2D eigenvalue weighted by atomic mass is 10.1. The fourth-order valence-corrected chi connectivity index (χ4v) is 2.13. The molecule has 3 nitrogen and oxygen atoms in total. The Balaban J connectivity index is 2.05. The van der Waals surface area contributed by atoms with E-state index < -0.39 is 0 Å². The second-order valence-corrected chi connectivity index (χ2v) is 4.35. The van der Waals surface area contributed by atoms with E-state index in [9.17, 15) is 0 Å². The lowest BCUT2D eigenvalue weighted by molar-refractivity contribution is 0.615. The van der Waals surface area contributed by atoms with Crippen molar-refractivity contribution < 1.29 is 0 Å². The molecule has 1 aliphatic heterocycles. The first-order chi connectivity index (χ1) is 7.81. The minimum absolute atomic E-state index is 0.686. The van der Waals surface area contributed by atoms with Gasteiger partial charge in [0.1, 0.15) is 6.07 Å². The van der Waals surface area contributed by atoms with Gasteiger partial charge in [-0.15, -0.1) is 0 Å². The number of hydrogen-bond acceptors (Lipinski definition) is 3. The van der Waals surface area contributed by atoms with Crippen molar-refractivity contribution in [3.8, 4) is 6.07 Å². The summed E-state index contributed by atoms with van der Waals surface area (Å²) in [5.41, 5.74) is 2.88. The average molecular weight is 215 g/mol. The number of para-hydroxylation sites is 1. The zero-order valence-electron chi connectivity index (χ0n) is 9.59. The predicted octanol–water partition coefficient (Wildman–Crippen LogP) is 1.89. The molecule has 0 saturated carbocycles. The zero-order chi connectivity index (χ0) is 11.4. The van der Waals surface area contributed by atoms with Crippen molar-refractivity contribution in [2.24, 2.45) is 5.92 Å². The molecule has 1 atom stereocenters. The van der Waals surface area contributed by atoms with Crippen LogP contribution in [0.25, 0.3) is 0 Å². The molecule has 0 spiro atoms. The highest BCUT2D eigenvalue weighted by molar-refractivity contribution is 5.62. The monoisotopic (exact) mass is 215 g/mol. The third-order valence-corrected chi connectivity index (χ3v) is 3.12. The highest BCUT2D eigenvalue weighted by Crippen LogP contribution is 2.20. The molecule has 1 aliphatic rings. The van der Waals surface area contributed by atoms with Crippen LogP contribution in [0.15, 0.2) is 18.2 Å². The number of hydrogen-bond donors (Lipinski definition) is 2. The van der Waals surface area contributed by atoms with E-state index in [1.807, 2.05) is 25.1 Å². The van der Waals surface area contributed by atoms with Gasteiger partial charge in [0.25, 0.3) is 0 Å². The fourth-order valence-electron chi connectivity index (χ4n) is 2.13. The molecule has 84 valence electrons. The smallest absolute Gasteiger partial charge is 0.101 e. The summed E-state index contributed by atoms with van der Waals surface area (Å²) >= 11 is 0. The SMILES string of the molecule is Cc1cccc(C#N)c1NCC1CCNC1. The minimum Gasteiger partial charge on any atom is -0.383 e. The number of nitrogens with one attached hydrogen (secondary N) is 2. The molecule has 0 bridgehead atoms. The van der Waals surface area contributed by atoms with Crippen molar-refractivity contribution >= 4 is 5.69 Å². The van der Waals surface area contributed by atoms with E-state index in [0.29, 0.717) is 5.92 Å². The van der Waals surface area contributed by atoms with E-state index in [4.69, 9.17) is 5.26 Å². The second kappa shape index (κ2) is 5.00. The normalized spacial score (nSPS) is 19.4. The second-order valence-electron chi connectivity index (χ2n) is 4.35.